The van der Waals surface area contributed by atoms with Gasteiger partial charge in [0.2, 0.25) is 0 Å². The van der Waals surface area contributed by atoms with Gasteiger partial charge in [-0.2, -0.15) is 15.0 Å². The number of aryl methyl sites for hydroxylation is 1. The highest BCUT2D eigenvalue weighted by atomic mass is 35.5. The molecule has 0 aliphatic carbocycles. The summed E-state index contributed by atoms with van der Waals surface area (Å²) in [5, 5.41) is 7.64. The molecular formula is C8H6ClFN4. The summed E-state index contributed by atoms with van der Waals surface area (Å²) in [6.45, 7) is 0. The summed E-state index contributed by atoms with van der Waals surface area (Å²) >= 11 is 5.53. The van der Waals surface area contributed by atoms with Gasteiger partial charge in [0.1, 0.15) is 5.69 Å². The topological polar surface area (TPSA) is 43.6 Å². The van der Waals surface area contributed by atoms with Gasteiger partial charge in [-0.15, -0.1) is 0 Å². The Morgan fingerprint density at radius 1 is 1.50 bits per heavy atom. The Hall–Kier alpha value is -1.49. The molecule has 0 spiro atoms. The number of nitrogens with zero attached hydrogens (tertiary/aromatic N) is 4. The fraction of sp³-hybridized carbons (Fsp3) is 0.125. The quantitative estimate of drug-likeness (QED) is 0.676. The van der Waals surface area contributed by atoms with Crippen molar-refractivity contribution >= 4 is 11.6 Å². The van der Waals surface area contributed by atoms with Crippen molar-refractivity contribution in [3.63, 3.8) is 0 Å². The van der Waals surface area contributed by atoms with Crippen LogP contribution >= 0.6 is 11.6 Å². The van der Waals surface area contributed by atoms with Crippen LogP contribution in [-0.2, 0) is 7.05 Å². The van der Waals surface area contributed by atoms with E-state index in [2.05, 4.69) is 15.2 Å². The molecule has 0 unspecified atom stereocenters. The van der Waals surface area contributed by atoms with E-state index in [1.807, 2.05) is 0 Å². The van der Waals surface area contributed by atoms with E-state index in [9.17, 15) is 4.39 Å². The molecule has 0 fully saturated rings. The predicted molar refractivity (Wildman–Crippen MR) is 49.2 cm³/mol. The molecule has 2 heterocycles. The van der Waals surface area contributed by atoms with Crippen molar-refractivity contribution in [1.29, 1.82) is 0 Å². The molecule has 2 rings (SSSR count). The average Bonchev–Trinajstić information content (AvgIpc) is 2.57. The van der Waals surface area contributed by atoms with Gasteiger partial charge < -0.3 is 0 Å². The molecule has 2 aromatic heterocycles. The van der Waals surface area contributed by atoms with E-state index in [1.165, 1.54) is 23.3 Å². The Balaban J connectivity index is 2.57. The lowest BCUT2D eigenvalue weighted by atomic mass is 10.2. The molecule has 2 aromatic rings. The number of rotatable bonds is 1. The van der Waals surface area contributed by atoms with Crippen LogP contribution in [0.5, 0.6) is 0 Å². The summed E-state index contributed by atoms with van der Waals surface area (Å²) in [7, 11) is 1.66. The van der Waals surface area contributed by atoms with E-state index in [1.54, 1.807) is 7.05 Å². The van der Waals surface area contributed by atoms with Crippen molar-refractivity contribution in [2.45, 2.75) is 0 Å². The normalized spacial score (nSPS) is 10.5. The van der Waals surface area contributed by atoms with Crippen molar-refractivity contribution < 1.29 is 4.39 Å². The molecule has 0 amide bonds. The third kappa shape index (κ3) is 1.46. The Labute approximate surface area is 84.3 Å². The molecular weight excluding hydrogens is 207 g/mol. The number of aromatic nitrogens is 4. The maximum Gasteiger partial charge on any atom is 0.169 e. The molecule has 72 valence electrons. The smallest absolute Gasteiger partial charge is 0.169 e. The first-order valence-electron chi connectivity index (χ1n) is 3.85. The highest BCUT2D eigenvalue weighted by Gasteiger charge is 2.11. The number of hydrogen-bond donors (Lipinski definition) is 0. The van der Waals surface area contributed by atoms with Crippen LogP contribution in [0.15, 0.2) is 18.5 Å². The van der Waals surface area contributed by atoms with Crippen LogP contribution in [0.3, 0.4) is 0 Å². The van der Waals surface area contributed by atoms with Gasteiger partial charge >= 0.3 is 0 Å². The number of hydrogen-bond acceptors (Lipinski definition) is 3. The summed E-state index contributed by atoms with van der Waals surface area (Å²) in [6, 6.07) is 1.51. The molecule has 0 aliphatic heterocycles. The fourth-order valence-corrected chi connectivity index (χ4v) is 1.24. The summed E-state index contributed by atoms with van der Waals surface area (Å²) in [5.74, 6) is -0.574. The molecule has 6 heteroatoms. The molecule has 0 saturated heterocycles. The van der Waals surface area contributed by atoms with Crippen LogP contribution in [0, 0.1) is 5.82 Å². The molecule has 0 atom stereocenters. The van der Waals surface area contributed by atoms with Gasteiger partial charge in [0.05, 0.1) is 6.20 Å². The van der Waals surface area contributed by atoms with Crippen LogP contribution in [0.4, 0.5) is 4.39 Å². The van der Waals surface area contributed by atoms with E-state index >= 15 is 0 Å². The Morgan fingerprint density at radius 2 is 2.29 bits per heavy atom. The molecule has 0 radical (unpaired) electrons. The second kappa shape index (κ2) is 3.34. The average molecular weight is 213 g/mol. The number of pyridine rings is 1. The minimum Gasteiger partial charge on any atom is -0.242 e. The van der Waals surface area contributed by atoms with Crippen molar-refractivity contribution in [1.82, 2.24) is 20.0 Å². The number of halogens is 2. The van der Waals surface area contributed by atoms with Crippen molar-refractivity contribution in [3.05, 3.63) is 29.4 Å². The van der Waals surface area contributed by atoms with E-state index in [0.29, 0.717) is 11.3 Å². The third-order valence-electron chi connectivity index (χ3n) is 1.72. The molecule has 0 N–H and O–H groups in total. The van der Waals surface area contributed by atoms with Crippen LogP contribution < -0.4 is 0 Å². The highest BCUT2D eigenvalue weighted by Crippen LogP contribution is 2.23. The first-order chi connectivity index (χ1) is 6.68. The summed E-state index contributed by atoms with van der Waals surface area (Å²) in [4.78, 5) is 4.96. The van der Waals surface area contributed by atoms with E-state index in [-0.39, 0.29) is 5.15 Å². The van der Waals surface area contributed by atoms with Gasteiger partial charge in [-0.1, -0.05) is 11.6 Å². The van der Waals surface area contributed by atoms with Gasteiger partial charge in [-0.3, -0.25) is 0 Å². The van der Waals surface area contributed by atoms with E-state index < -0.39 is 5.82 Å². The van der Waals surface area contributed by atoms with Crippen LogP contribution in [-0.4, -0.2) is 20.0 Å². The third-order valence-corrected chi connectivity index (χ3v) is 1.99. The Morgan fingerprint density at radius 3 is 2.93 bits per heavy atom. The standard InChI is InChI=1S/C8H6ClFN4/c1-14-12-4-6(13-14)5-2-3-11-8(9)7(5)10/h2-4H,1H3. The first kappa shape index (κ1) is 9.08. The lowest BCUT2D eigenvalue weighted by Gasteiger charge is -1.98. The van der Waals surface area contributed by atoms with E-state index in [4.69, 9.17) is 11.6 Å². The molecule has 0 aliphatic rings. The van der Waals surface area contributed by atoms with Gasteiger partial charge in [0.15, 0.2) is 11.0 Å². The van der Waals surface area contributed by atoms with Gasteiger partial charge in [-0.25, -0.2) is 9.37 Å². The zero-order valence-corrected chi connectivity index (χ0v) is 8.03. The fourth-order valence-electron chi connectivity index (χ4n) is 1.09. The summed E-state index contributed by atoms with van der Waals surface area (Å²) in [6.07, 6.45) is 2.89. The lowest BCUT2D eigenvalue weighted by Crippen LogP contribution is -1.93. The SMILES string of the molecule is Cn1ncc(-c2ccnc(Cl)c2F)n1. The lowest BCUT2D eigenvalue weighted by molar-refractivity contribution is 0.622. The van der Waals surface area contributed by atoms with Crippen molar-refractivity contribution in [2.75, 3.05) is 0 Å². The second-order valence-electron chi connectivity index (χ2n) is 2.68. The summed E-state index contributed by atoms with van der Waals surface area (Å²) < 4.78 is 13.4. The monoisotopic (exact) mass is 212 g/mol. The maximum absolute atomic E-state index is 13.4. The minimum absolute atomic E-state index is 0.159. The zero-order chi connectivity index (χ0) is 10.1. The van der Waals surface area contributed by atoms with Crippen LogP contribution in [0.1, 0.15) is 0 Å². The van der Waals surface area contributed by atoms with Gasteiger partial charge in [0.25, 0.3) is 0 Å². The largest absolute Gasteiger partial charge is 0.242 e. The Kier molecular flexibility index (Phi) is 2.17. The van der Waals surface area contributed by atoms with Crippen LogP contribution in [0.2, 0.25) is 5.15 Å². The Bertz CT molecular complexity index is 468. The van der Waals surface area contributed by atoms with E-state index in [0.717, 1.165) is 0 Å². The molecule has 14 heavy (non-hydrogen) atoms. The van der Waals surface area contributed by atoms with Crippen LogP contribution in [0.25, 0.3) is 11.3 Å². The first-order valence-corrected chi connectivity index (χ1v) is 4.23. The maximum atomic E-state index is 13.4. The molecule has 0 saturated carbocycles. The zero-order valence-electron chi connectivity index (χ0n) is 7.28. The molecule has 0 bridgehead atoms. The second-order valence-corrected chi connectivity index (χ2v) is 3.04. The molecule has 4 nitrogen and oxygen atoms in total. The highest BCUT2D eigenvalue weighted by molar-refractivity contribution is 6.29. The molecule has 0 aromatic carbocycles. The van der Waals surface area contributed by atoms with Crippen molar-refractivity contribution in [2.24, 2.45) is 7.05 Å². The predicted octanol–water partition coefficient (Wildman–Crippen LogP) is 1.67. The summed E-state index contributed by atoms with van der Waals surface area (Å²) in [5.41, 5.74) is 0.743. The minimum atomic E-state index is -0.574. The van der Waals surface area contributed by atoms with Crippen molar-refractivity contribution in [3.8, 4) is 11.3 Å². The van der Waals surface area contributed by atoms with Gasteiger partial charge in [-0.05, 0) is 6.07 Å². The van der Waals surface area contributed by atoms with Gasteiger partial charge in [0, 0.05) is 18.8 Å².